The second-order valence-corrected chi connectivity index (χ2v) is 9.46. The molecule has 0 saturated carbocycles. The largest absolute Gasteiger partial charge is 0.448 e. The Morgan fingerprint density at radius 3 is 2.50 bits per heavy atom. The van der Waals surface area contributed by atoms with Gasteiger partial charge in [0.1, 0.15) is 28.7 Å². The number of carbonyl (C=O) groups excluding carboxylic acids is 1. The monoisotopic (exact) mass is 518 g/mol. The normalized spacial score (nSPS) is 14.8. The number of fused-ring (bicyclic) bond motifs is 2. The molecule has 2 heterocycles. The van der Waals surface area contributed by atoms with Crippen LogP contribution in [0.25, 0.3) is 11.0 Å². The van der Waals surface area contributed by atoms with Gasteiger partial charge in [0.2, 0.25) is 11.6 Å². The predicted octanol–water partition coefficient (Wildman–Crippen LogP) is 7.10. The molecule has 3 aromatic carbocycles. The molecule has 36 heavy (non-hydrogen) atoms. The van der Waals surface area contributed by atoms with Crippen molar-refractivity contribution >= 4 is 40.1 Å². The Morgan fingerprint density at radius 1 is 1.03 bits per heavy atom. The van der Waals surface area contributed by atoms with Crippen LogP contribution in [0.2, 0.25) is 10.0 Å². The average Bonchev–Trinajstić information content (AvgIpc) is 3.18. The van der Waals surface area contributed by atoms with Crippen molar-refractivity contribution in [3.8, 4) is 17.6 Å². The van der Waals surface area contributed by atoms with Crippen LogP contribution in [-0.4, -0.2) is 5.97 Å². The smallest absolute Gasteiger partial charge is 0.379 e. The maximum absolute atomic E-state index is 13.0. The summed E-state index contributed by atoms with van der Waals surface area (Å²) in [5.74, 6) is -0.536. The number of benzene rings is 3. The fourth-order valence-electron chi connectivity index (χ4n) is 4.42. The number of nitrogens with two attached hydrogens (primary N) is 1. The van der Waals surface area contributed by atoms with Crippen LogP contribution >= 0.6 is 23.2 Å². The molecule has 0 saturated heterocycles. The topological polar surface area (TPSA) is 98.5 Å². The van der Waals surface area contributed by atoms with E-state index in [1.807, 2.05) is 32.9 Å². The zero-order valence-corrected chi connectivity index (χ0v) is 21.1. The Kier molecular flexibility index (Phi) is 5.91. The third kappa shape index (κ3) is 3.87. The number of esters is 1. The molecule has 2 N–H and O–H groups in total. The van der Waals surface area contributed by atoms with Gasteiger partial charge in [0.25, 0.3) is 0 Å². The molecule has 0 aliphatic carbocycles. The van der Waals surface area contributed by atoms with Gasteiger partial charge in [-0.05, 0) is 55.7 Å². The molecule has 8 heteroatoms. The second kappa shape index (κ2) is 8.94. The van der Waals surface area contributed by atoms with E-state index in [2.05, 4.69) is 6.07 Å². The van der Waals surface area contributed by atoms with E-state index < -0.39 is 11.9 Å². The molecule has 1 aliphatic heterocycles. The standard InChI is InChI=1S/C28H20Cl2N2O4/c1-13-4-7-18-15(3)26(36-25(18)14(13)2)28(33)34-17-6-9-20-23(11-17)35-27(32)21(12-31)24(20)19-8-5-16(29)10-22(19)30/h4-11,24H,32H2,1-3H3. The zero-order chi connectivity index (χ0) is 25.7. The molecule has 0 radical (unpaired) electrons. The van der Waals surface area contributed by atoms with Gasteiger partial charge in [-0.2, -0.15) is 5.26 Å². The molecule has 180 valence electrons. The summed E-state index contributed by atoms with van der Waals surface area (Å²) in [7, 11) is 0. The summed E-state index contributed by atoms with van der Waals surface area (Å²) in [6, 6.07) is 16.0. The number of halogens is 2. The number of nitriles is 1. The summed E-state index contributed by atoms with van der Waals surface area (Å²) in [5.41, 5.74) is 11.0. The highest BCUT2D eigenvalue weighted by atomic mass is 35.5. The molecule has 5 rings (SSSR count). The number of hydrogen-bond acceptors (Lipinski definition) is 6. The Balaban J connectivity index is 1.51. The van der Waals surface area contributed by atoms with E-state index in [-0.39, 0.29) is 23.0 Å². The third-order valence-corrected chi connectivity index (χ3v) is 7.05. The lowest BCUT2D eigenvalue weighted by molar-refractivity contribution is 0.0702. The summed E-state index contributed by atoms with van der Waals surface area (Å²) >= 11 is 12.5. The first kappa shape index (κ1) is 23.8. The van der Waals surface area contributed by atoms with E-state index in [1.54, 1.807) is 36.4 Å². The van der Waals surface area contributed by atoms with Gasteiger partial charge in [0.15, 0.2) is 0 Å². The highest BCUT2D eigenvalue weighted by Gasteiger charge is 2.32. The number of hydrogen-bond donors (Lipinski definition) is 1. The Bertz CT molecular complexity index is 1650. The van der Waals surface area contributed by atoms with Crippen molar-refractivity contribution in [2.45, 2.75) is 26.7 Å². The van der Waals surface area contributed by atoms with Crippen molar-refractivity contribution in [2.24, 2.45) is 5.73 Å². The van der Waals surface area contributed by atoms with Crippen molar-refractivity contribution in [3.63, 3.8) is 0 Å². The van der Waals surface area contributed by atoms with E-state index in [0.717, 1.165) is 16.5 Å². The summed E-state index contributed by atoms with van der Waals surface area (Å²) < 4.78 is 17.3. The first-order valence-corrected chi connectivity index (χ1v) is 11.8. The van der Waals surface area contributed by atoms with Crippen LogP contribution < -0.4 is 15.2 Å². The molecule has 1 aromatic heterocycles. The summed E-state index contributed by atoms with van der Waals surface area (Å²) in [5, 5.41) is 11.5. The fraction of sp³-hybridized carbons (Fsp3) is 0.143. The van der Waals surface area contributed by atoms with Crippen LogP contribution in [0.5, 0.6) is 11.5 Å². The first-order chi connectivity index (χ1) is 17.2. The van der Waals surface area contributed by atoms with Gasteiger partial charge in [-0.1, -0.05) is 47.5 Å². The second-order valence-electron chi connectivity index (χ2n) is 8.62. The number of nitrogens with zero attached hydrogens (tertiary/aromatic N) is 1. The quantitative estimate of drug-likeness (QED) is 0.229. The zero-order valence-electron chi connectivity index (χ0n) is 19.6. The molecule has 1 unspecified atom stereocenters. The lowest BCUT2D eigenvalue weighted by Crippen LogP contribution is -2.21. The van der Waals surface area contributed by atoms with Crippen LogP contribution in [0, 0.1) is 32.1 Å². The summed E-state index contributed by atoms with van der Waals surface area (Å²) in [6.45, 7) is 5.76. The Labute approximate surface area is 217 Å². The van der Waals surface area contributed by atoms with Gasteiger partial charge in [0.05, 0.1) is 5.92 Å². The van der Waals surface area contributed by atoms with Gasteiger partial charge >= 0.3 is 5.97 Å². The fourth-order valence-corrected chi connectivity index (χ4v) is 4.94. The van der Waals surface area contributed by atoms with Crippen molar-refractivity contribution in [1.29, 1.82) is 5.26 Å². The van der Waals surface area contributed by atoms with Gasteiger partial charge in [-0.3, -0.25) is 0 Å². The number of ether oxygens (including phenoxy) is 2. The maximum Gasteiger partial charge on any atom is 0.379 e. The molecule has 1 atom stereocenters. The lowest BCUT2D eigenvalue weighted by atomic mass is 9.83. The molecule has 0 fully saturated rings. The summed E-state index contributed by atoms with van der Waals surface area (Å²) in [4.78, 5) is 13.0. The maximum atomic E-state index is 13.0. The molecular weight excluding hydrogens is 499 g/mol. The molecular formula is C28H20Cl2N2O4. The predicted molar refractivity (Wildman–Crippen MR) is 138 cm³/mol. The van der Waals surface area contributed by atoms with Gasteiger partial charge < -0.3 is 19.6 Å². The lowest BCUT2D eigenvalue weighted by Gasteiger charge is -2.27. The van der Waals surface area contributed by atoms with Crippen LogP contribution in [0.1, 0.15) is 44.3 Å². The van der Waals surface area contributed by atoms with E-state index in [4.69, 9.17) is 42.8 Å². The number of furan rings is 1. The minimum Gasteiger partial charge on any atom is -0.448 e. The van der Waals surface area contributed by atoms with Crippen molar-refractivity contribution < 1.29 is 18.7 Å². The average molecular weight is 519 g/mol. The van der Waals surface area contributed by atoms with E-state index in [1.165, 1.54) is 0 Å². The van der Waals surface area contributed by atoms with Gasteiger partial charge in [-0.15, -0.1) is 0 Å². The van der Waals surface area contributed by atoms with Crippen molar-refractivity contribution in [3.05, 3.63) is 104 Å². The van der Waals surface area contributed by atoms with Crippen LogP contribution in [0.4, 0.5) is 0 Å². The van der Waals surface area contributed by atoms with Crippen LogP contribution in [0.3, 0.4) is 0 Å². The SMILES string of the molecule is Cc1ccc2c(C)c(C(=O)Oc3ccc4c(c3)OC(N)=C(C#N)C4c3ccc(Cl)cc3Cl)oc2c1C. The number of rotatable bonds is 3. The van der Waals surface area contributed by atoms with E-state index in [9.17, 15) is 10.1 Å². The van der Waals surface area contributed by atoms with E-state index >= 15 is 0 Å². The molecule has 1 aliphatic rings. The first-order valence-electron chi connectivity index (χ1n) is 11.1. The number of aryl methyl sites for hydroxylation is 3. The highest BCUT2D eigenvalue weighted by Crippen LogP contribution is 2.45. The van der Waals surface area contributed by atoms with Crippen molar-refractivity contribution in [2.75, 3.05) is 0 Å². The Morgan fingerprint density at radius 2 is 1.78 bits per heavy atom. The number of allylic oxidation sites excluding steroid dienone is 1. The highest BCUT2D eigenvalue weighted by molar-refractivity contribution is 6.35. The minimum absolute atomic E-state index is 0.0523. The molecule has 0 bridgehead atoms. The van der Waals surface area contributed by atoms with Crippen LogP contribution in [-0.2, 0) is 0 Å². The number of carbonyl (C=O) groups is 1. The summed E-state index contributed by atoms with van der Waals surface area (Å²) in [6.07, 6.45) is 0. The molecule has 6 nitrogen and oxygen atoms in total. The van der Waals surface area contributed by atoms with Crippen LogP contribution in [0.15, 0.2) is 64.4 Å². The molecule has 4 aromatic rings. The molecule has 0 spiro atoms. The minimum atomic E-state index is -0.630. The third-order valence-electron chi connectivity index (χ3n) is 6.49. The molecule has 0 amide bonds. The van der Waals surface area contributed by atoms with Crippen molar-refractivity contribution in [1.82, 2.24) is 0 Å². The van der Waals surface area contributed by atoms with Gasteiger partial charge in [-0.25, -0.2) is 4.79 Å². The van der Waals surface area contributed by atoms with Gasteiger partial charge in [0, 0.05) is 32.6 Å². The van der Waals surface area contributed by atoms with E-state index in [0.29, 0.717) is 38.1 Å². The Hall–Kier alpha value is -3.92.